The summed E-state index contributed by atoms with van der Waals surface area (Å²) in [5.74, 6) is -0.331. The van der Waals surface area contributed by atoms with Crippen molar-refractivity contribution in [3.05, 3.63) is 0 Å². The molecule has 0 fully saturated rings. The maximum atomic E-state index is 12.4. The summed E-state index contributed by atoms with van der Waals surface area (Å²) in [6, 6.07) is 0. The number of phosphoric ester groups is 1. The van der Waals surface area contributed by atoms with Crippen molar-refractivity contribution in [3.8, 4) is 0 Å². The third-order valence-electron chi connectivity index (χ3n) is 8.27. The van der Waals surface area contributed by atoms with Crippen molar-refractivity contribution < 1.29 is 32.8 Å². The van der Waals surface area contributed by atoms with Gasteiger partial charge in [-0.2, -0.15) is 0 Å². The van der Waals surface area contributed by atoms with E-state index in [1.165, 1.54) is 135 Å². The number of hydrogen-bond donors (Lipinski definition) is 2. The van der Waals surface area contributed by atoms with Gasteiger partial charge in [-0.25, -0.2) is 4.57 Å². The maximum Gasteiger partial charge on any atom is 0.472 e. The Morgan fingerprint density at radius 3 is 1.40 bits per heavy atom. The second-order valence-corrected chi connectivity index (χ2v) is 14.3. The summed E-state index contributed by atoms with van der Waals surface area (Å²) in [5, 5.41) is 0. The second-order valence-electron chi connectivity index (χ2n) is 12.8. The highest BCUT2D eigenvalue weighted by atomic mass is 31.2. The third-order valence-corrected chi connectivity index (χ3v) is 9.26. The molecule has 0 aliphatic rings. The molecule has 0 radical (unpaired) electrons. The summed E-state index contributed by atoms with van der Waals surface area (Å²) in [7, 11) is -4.26. The van der Waals surface area contributed by atoms with E-state index in [1.807, 2.05) is 0 Å². The van der Waals surface area contributed by atoms with Gasteiger partial charge in [0, 0.05) is 19.6 Å². The van der Waals surface area contributed by atoms with Crippen LogP contribution in [-0.2, 0) is 27.9 Å². The lowest BCUT2D eigenvalue weighted by atomic mass is 10.0. The molecule has 0 aromatic carbocycles. The van der Waals surface area contributed by atoms with Crippen LogP contribution in [0.25, 0.3) is 0 Å². The van der Waals surface area contributed by atoms with Gasteiger partial charge in [-0.15, -0.1) is 0 Å². The molecule has 2 atom stereocenters. The fourth-order valence-electron chi connectivity index (χ4n) is 5.47. The number of carbonyl (C=O) groups is 1. The molecule has 0 aliphatic heterocycles. The Morgan fingerprint density at radius 1 is 0.578 bits per heavy atom. The number of ether oxygens (including phenoxy) is 2. The molecule has 8 nitrogen and oxygen atoms in total. The van der Waals surface area contributed by atoms with Gasteiger partial charge in [0.1, 0.15) is 6.10 Å². The Hall–Kier alpha value is -0.500. The van der Waals surface area contributed by atoms with Crippen LogP contribution in [0.2, 0.25) is 0 Å². The summed E-state index contributed by atoms with van der Waals surface area (Å²) < 4.78 is 33.2. The molecule has 270 valence electrons. The molecule has 0 aromatic heterocycles. The van der Waals surface area contributed by atoms with Gasteiger partial charge in [-0.05, 0) is 12.8 Å². The van der Waals surface area contributed by atoms with Gasteiger partial charge in [0.25, 0.3) is 0 Å². The normalized spacial score (nSPS) is 13.6. The molecule has 0 aromatic rings. The Labute approximate surface area is 278 Å². The van der Waals surface area contributed by atoms with Gasteiger partial charge < -0.3 is 20.1 Å². The molecule has 3 N–H and O–H groups in total. The molecule has 0 amide bonds. The molecule has 9 heteroatoms. The number of rotatable bonds is 37. The highest BCUT2D eigenvalue weighted by molar-refractivity contribution is 7.47. The van der Waals surface area contributed by atoms with E-state index in [9.17, 15) is 14.3 Å². The summed E-state index contributed by atoms with van der Waals surface area (Å²) in [4.78, 5) is 22.2. The number of unbranched alkanes of at least 4 members (excludes halogenated alkanes) is 24. The van der Waals surface area contributed by atoms with Gasteiger partial charge >= 0.3 is 13.8 Å². The first-order chi connectivity index (χ1) is 21.9. The van der Waals surface area contributed by atoms with Crippen LogP contribution in [0.5, 0.6) is 0 Å². The molecule has 0 saturated carbocycles. The molecule has 0 aliphatic carbocycles. The summed E-state index contributed by atoms with van der Waals surface area (Å²) >= 11 is 0. The number of nitrogens with two attached hydrogens (primary N) is 1. The molecular weight excluding hydrogens is 589 g/mol. The maximum absolute atomic E-state index is 12.4. The van der Waals surface area contributed by atoms with Gasteiger partial charge in [-0.1, -0.05) is 168 Å². The van der Waals surface area contributed by atoms with Gasteiger partial charge in [-0.3, -0.25) is 13.8 Å². The Bertz CT molecular complexity index is 667. The smallest absolute Gasteiger partial charge is 0.457 e. The highest BCUT2D eigenvalue weighted by Gasteiger charge is 2.25. The Morgan fingerprint density at radius 2 is 0.978 bits per heavy atom. The van der Waals surface area contributed by atoms with Crippen molar-refractivity contribution in [3.63, 3.8) is 0 Å². The van der Waals surface area contributed by atoms with Crippen molar-refractivity contribution in [2.75, 3.05) is 33.0 Å². The summed E-state index contributed by atoms with van der Waals surface area (Å²) in [5.41, 5.74) is 5.34. The zero-order valence-electron chi connectivity index (χ0n) is 29.6. The van der Waals surface area contributed by atoms with Gasteiger partial charge in [0.05, 0.1) is 19.8 Å². The zero-order valence-corrected chi connectivity index (χ0v) is 30.5. The monoisotopic (exact) mass is 664 g/mol. The lowest BCUT2D eigenvalue weighted by Gasteiger charge is -2.20. The summed E-state index contributed by atoms with van der Waals surface area (Å²) in [6.45, 7) is 4.93. The van der Waals surface area contributed by atoms with Crippen LogP contribution in [0, 0.1) is 0 Å². The number of phosphoric acid groups is 1. The van der Waals surface area contributed by atoms with E-state index in [1.54, 1.807) is 0 Å². The van der Waals surface area contributed by atoms with Crippen molar-refractivity contribution in [1.82, 2.24) is 0 Å². The Balaban J connectivity index is 3.93. The number of esters is 1. The molecule has 0 rings (SSSR count). The molecule has 45 heavy (non-hydrogen) atoms. The van der Waals surface area contributed by atoms with Crippen LogP contribution in [0.1, 0.15) is 187 Å². The molecule has 0 heterocycles. The first-order valence-corrected chi connectivity index (χ1v) is 20.5. The molecule has 0 spiro atoms. The lowest BCUT2D eigenvalue weighted by Crippen LogP contribution is -2.28. The quantitative estimate of drug-likeness (QED) is 0.0383. The van der Waals surface area contributed by atoms with Crippen LogP contribution in [0.15, 0.2) is 0 Å². The average Bonchev–Trinajstić information content (AvgIpc) is 3.02. The van der Waals surface area contributed by atoms with Crippen LogP contribution in [0.4, 0.5) is 0 Å². The SMILES string of the molecule is CCCCCCCCCCCCCCCCCCCCOC[C@H](COP(=O)(O)OCCN)OC(=O)CCCCCCCCCC. The highest BCUT2D eigenvalue weighted by Crippen LogP contribution is 2.43. The predicted octanol–water partition coefficient (Wildman–Crippen LogP) is 10.6. The number of hydrogen-bond acceptors (Lipinski definition) is 7. The van der Waals surface area contributed by atoms with Crippen LogP contribution < -0.4 is 5.73 Å². The third kappa shape index (κ3) is 34.6. The van der Waals surface area contributed by atoms with Gasteiger partial charge in [0.2, 0.25) is 0 Å². The van der Waals surface area contributed by atoms with Crippen molar-refractivity contribution in [2.24, 2.45) is 5.73 Å². The molecule has 0 bridgehead atoms. The zero-order chi connectivity index (χ0) is 33.1. The van der Waals surface area contributed by atoms with E-state index in [-0.39, 0.29) is 32.3 Å². The molecular formula is C36H74NO7P. The van der Waals surface area contributed by atoms with E-state index < -0.39 is 13.9 Å². The van der Waals surface area contributed by atoms with E-state index in [0.717, 1.165) is 32.1 Å². The van der Waals surface area contributed by atoms with Crippen LogP contribution in [-0.4, -0.2) is 49.9 Å². The van der Waals surface area contributed by atoms with Crippen LogP contribution >= 0.6 is 7.82 Å². The topological polar surface area (TPSA) is 117 Å². The summed E-state index contributed by atoms with van der Waals surface area (Å²) in [6.07, 6.45) is 32.7. The van der Waals surface area contributed by atoms with E-state index in [2.05, 4.69) is 13.8 Å². The van der Waals surface area contributed by atoms with Crippen LogP contribution in [0.3, 0.4) is 0 Å². The van der Waals surface area contributed by atoms with Gasteiger partial charge in [0.15, 0.2) is 0 Å². The molecule has 0 saturated heterocycles. The minimum atomic E-state index is -4.26. The first kappa shape index (κ1) is 44.5. The van der Waals surface area contributed by atoms with Crippen molar-refractivity contribution >= 4 is 13.8 Å². The largest absolute Gasteiger partial charge is 0.472 e. The number of carbonyl (C=O) groups excluding carboxylic acids is 1. The fourth-order valence-corrected chi connectivity index (χ4v) is 6.23. The first-order valence-electron chi connectivity index (χ1n) is 19.0. The van der Waals surface area contributed by atoms with Crippen molar-refractivity contribution in [2.45, 2.75) is 193 Å². The average molecular weight is 664 g/mol. The predicted molar refractivity (Wildman–Crippen MR) is 187 cm³/mol. The van der Waals surface area contributed by atoms with Crippen molar-refractivity contribution in [1.29, 1.82) is 0 Å². The Kier molecular flexibility index (Phi) is 34.4. The molecule has 1 unspecified atom stereocenters. The standard InChI is InChI=1S/C36H74NO7P/c1-3-5-7-9-11-13-14-15-16-17-18-19-20-21-22-24-26-28-31-41-33-35(34-43-45(39,40)42-32-30-37)44-36(38)29-27-25-23-12-10-8-6-4-2/h35H,3-34,37H2,1-2H3,(H,39,40)/t35-/m1/s1. The van der Waals surface area contributed by atoms with E-state index >= 15 is 0 Å². The fraction of sp³-hybridized carbons (Fsp3) is 0.972. The minimum absolute atomic E-state index is 0.0907. The van der Waals surface area contributed by atoms with E-state index in [0.29, 0.717) is 13.0 Å². The second kappa shape index (κ2) is 34.8. The minimum Gasteiger partial charge on any atom is -0.457 e. The lowest BCUT2D eigenvalue weighted by molar-refractivity contribution is -0.154. The van der Waals surface area contributed by atoms with E-state index in [4.69, 9.17) is 24.3 Å².